The minimum absolute atomic E-state index is 0.0157. The number of likely N-dealkylation sites (N-methyl/N-ethyl adjacent to an activating group) is 1. The lowest BCUT2D eigenvalue weighted by molar-refractivity contribution is -0.384. The Morgan fingerprint density at radius 2 is 2.05 bits per heavy atom. The van der Waals surface area contributed by atoms with E-state index in [1.165, 1.54) is 12.1 Å². The van der Waals surface area contributed by atoms with Crippen molar-refractivity contribution in [3.63, 3.8) is 0 Å². The number of hydrogen-bond donors (Lipinski definition) is 0. The van der Waals surface area contributed by atoms with Crippen LogP contribution < -0.4 is 0 Å². The number of carbonyl (C=O) groups is 1. The molecule has 1 atom stereocenters. The minimum atomic E-state index is -0.393. The smallest absolute Gasteiger partial charge is 0.269 e. The molecule has 114 valence electrons. The monoisotopic (exact) mass is 291 g/mol. The maximum absolute atomic E-state index is 12.1. The highest BCUT2D eigenvalue weighted by atomic mass is 16.6. The Morgan fingerprint density at radius 1 is 1.38 bits per heavy atom. The standard InChI is InChI=1S/C15H21N3O3/c1-16(2)15(19)14-4-3-10-17(14)11-9-12-5-7-13(8-6-12)18(20)21/h5-8,14H,3-4,9-11H2,1-2H3. The Morgan fingerprint density at radius 3 is 2.62 bits per heavy atom. The summed E-state index contributed by atoms with van der Waals surface area (Å²) in [5, 5.41) is 10.6. The van der Waals surface area contributed by atoms with Crippen molar-refractivity contribution in [1.82, 2.24) is 9.80 Å². The number of nitrogens with zero attached hydrogens (tertiary/aromatic N) is 3. The number of benzene rings is 1. The highest BCUT2D eigenvalue weighted by molar-refractivity contribution is 5.81. The zero-order valence-electron chi connectivity index (χ0n) is 12.5. The number of nitro groups is 1. The van der Waals surface area contributed by atoms with Crippen molar-refractivity contribution in [3.05, 3.63) is 39.9 Å². The average molecular weight is 291 g/mol. The van der Waals surface area contributed by atoms with E-state index in [1.807, 2.05) is 0 Å². The molecule has 0 N–H and O–H groups in total. The van der Waals surface area contributed by atoms with Crippen LogP contribution in [-0.2, 0) is 11.2 Å². The molecule has 0 aromatic heterocycles. The van der Waals surface area contributed by atoms with E-state index < -0.39 is 4.92 Å². The Hall–Kier alpha value is -1.95. The van der Waals surface area contributed by atoms with Crippen molar-refractivity contribution in [1.29, 1.82) is 0 Å². The minimum Gasteiger partial charge on any atom is -0.347 e. The van der Waals surface area contributed by atoms with E-state index in [9.17, 15) is 14.9 Å². The van der Waals surface area contributed by atoms with Gasteiger partial charge in [-0.25, -0.2) is 0 Å². The first-order chi connectivity index (χ1) is 9.99. The number of rotatable bonds is 5. The molecule has 1 aromatic carbocycles. The van der Waals surface area contributed by atoms with Gasteiger partial charge in [0.25, 0.3) is 5.69 Å². The summed E-state index contributed by atoms with van der Waals surface area (Å²) in [5.41, 5.74) is 1.17. The first-order valence-electron chi connectivity index (χ1n) is 7.17. The third-order valence-electron chi connectivity index (χ3n) is 3.92. The summed E-state index contributed by atoms with van der Waals surface area (Å²) in [6.07, 6.45) is 2.76. The van der Waals surface area contributed by atoms with Gasteiger partial charge in [-0.05, 0) is 31.4 Å². The third-order valence-corrected chi connectivity index (χ3v) is 3.92. The summed E-state index contributed by atoms with van der Waals surface area (Å²) >= 11 is 0. The van der Waals surface area contributed by atoms with Gasteiger partial charge in [0.2, 0.25) is 5.91 Å². The molecule has 1 saturated heterocycles. The maximum atomic E-state index is 12.1. The van der Waals surface area contributed by atoms with Crippen LogP contribution in [0.2, 0.25) is 0 Å². The molecule has 0 radical (unpaired) electrons. The number of likely N-dealkylation sites (tertiary alicyclic amines) is 1. The summed E-state index contributed by atoms with van der Waals surface area (Å²) in [6, 6.07) is 6.62. The molecular weight excluding hydrogens is 270 g/mol. The van der Waals surface area contributed by atoms with Crippen LogP contribution in [0.3, 0.4) is 0 Å². The van der Waals surface area contributed by atoms with Gasteiger partial charge in [0.15, 0.2) is 0 Å². The molecule has 6 nitrogen and oxygen atoms in total. The summed E-state index contributed by atoms with van der Waals surface area (Å²) in [6.45, 7) is 1.75. The van der Waals surface area contributed by atoms with Crippen molar-refractivity contribution in [2.45, 2.75) is 25.3 Å². The number of non-ortho nitro benzene ring substituents is 1. The van der Waals surface area contributed by atoms with Crippen LogP contribution in [0.4, 0.5) is 5.69 Å². The zero-order valence-corrected chi connectivity index (χ0v) is 12.5. The number of nitro benzene ring substituents is 1. The van der Waals surface area contributed by atoms with E-state index in [4.69, 9.17) is 0 Å². The fourth-order valence-electron chi connectivity index (χ4n) is 2.73. The molecule has 1 aromatic rings. The topological polar surface area (TPSA) is 66.7 Å². The van der Waals surface area contributed by atoms with Crippen molar-refractivity contribution in [3.8, 4) is 0 Å². The second-order valence-electron chi connectivity index (χ2n) is 5.60. The van der Waals surface area contributed by atoms with E-state index in [2.05, 4.69) is 4.90 Å². The van der Waals surface area contributed by atoms with Crippen LogP contribution in [0.1, 0.15) is 18.4 Å². The van der Waals surface area contributed by atoms with E-state index in [-0.39, 0.29) is 17.6 Å². The molecule has 0 aliphatic carbocycles. The van der Waals surface area contributed by atoms with Crippen LogP contribution >= 0.6 is 0 Å². The quantitative estimate of drug-likeness (QED) is 0.611. The predicted molar refractivity (Wildman–Crippen MR) is 80.1 cm³/mol. The van der Waals surface area contributed by atoms with Gasteiger partial charge >= 0.3 is 0 Å². The molecule has 6 heteroatoms. The first-order valence-corrected chi connectivity index (χ1v) is 7.17. The molecular formula is C15H21N3O3. The van der Waals surface area contributed by atoms with Gasteiger partial charge in [-0.3, -0.25) is 19.8 Å². The van der Waals surface area contributed by atoms with E-state index >= 15 is 0 Å². The Labute approximate surface area is 124 Å². The maximum Gasteiger partial charge on any atom is 0.269 e. The fourth-order valence-corrected chi connectivity index (χ4v) is 2.73. The van der Waals surface area contributed by atoms with Gasteiger partial charge in [0, 0.05) is 32.8 Å². The lowest BCUT2D eigenvalue weighted by atomic mass is 10.1. The predicted octanol–water partition coefficient (Wildman–Crippen LogP) is 1.69. The third kappa shape index (κ3) is 3.78. The van der Waals surface area contributed by atoms with Crippen molar-refractivity contribution in [2.75, 3.05) is 27.2 Å². The Bertz CT molecular complexity index is 513. The van der Waals surface area contributed by atoms with Gasteiger partial charge in [-0.1, -0.05) is 12.1 Å². The summed E-state index contributed by atoms with van der Waals surface area (Å²) in [5.74, 6) is 0.163. The fraction of sp³-hybridized carbons (Fsp3) is 0.533. The zero-order chi connectivity index (χ0) is 15.4. The summed E-state index contributed by atoms with van der Waals surface area (Å²) in [7, 11) is 3.57. The molecule has 1 heterocycles. The van der Waals surface area contributed by atoms with E-state index in [0.717, 1.165) is 37.9 Å². The van der Waals surface area contributed by atoms with E-state index in [1.54, 1.807) is 31.1 Å². The first kappa shape index (κ1) is 15.4. The highest BCUT2D eigenvalue weighted by Crippen LogP contribution is 2.20. The van der Waals surface area contributed by atoms with Gasteiger partial charge in [-0.2, -0.15) is 0 Å². The van der Waals surface area contributed by atoms with Crippen molar-refractivity contribution < 1.29 is 9.72 Å². The molecule has 0 saturated carbocycles. The molecule has 1 unspecified atom stereocenters. The van der Waals surface area contributed by atoms with Crippen molar-refractivity contribution >= 4 is 11.6 Å². The average Bonchev–Trinajstić information content (AvgIpc) is 2.92. The molecule has 0 spiro atoms. The SMILES string of the molecule is CN(C)C(=O)C1CCCN1CCc1ccc([N+](=O)[O-])cc1. The molecule has 1 aliphatic rings. The van der Waals surface area contributed by atoms with Crippen molar-refractivity contribution in [2.24, 2.45) is 0 Å². The van der Waals surface area contributed by atoms with Crippen LogP contribution in [0, 0.1) is 10.1 Å². The van der Waals surface area contributed by atoms with Crippen LogP contribution in [-0.4, -0.2) is 53.9 Å². The molecule has 21 heavy (non-hydrogen) atoms. The molecule has 1 amide bonds. The van der Waals surface area contributed by atoms with Gasteiger partial charge in [0.1, 0.15) is 0 Å². The summed E-state index contributed by atoms with van der Waals surface area (Å²) in [4.78, 5) is 26.2. The second kappa shape index (κ2) is 6.67. The molecule has 1 fully saturated rings. The van der Waals surface area contributed by atoms with Gasteiger partial charge < -0.3 is 4.90 Å². The lowest BCUT2D eigenvalue weighted by Gasteiger charge is -2.26. The van der Waals surface area contributed by atoms with Crippen LogP contribution in [0.5, 0.6) is 0 Å². The molecule has 1 aliphatic heterocycles. The molecule has 0 bridgehead atoms. The van der Waals surface area contributed by atoms with Gasteiger partial charge in [0.05, 0.1) is 11.0 Å². The summed E-state index contributed by atoms with van der Waals surface area (Å²) < 4.78 is 0. The Kier molecular flexibility index (Phi) is 4.90. The Balaban J connectivity index is 1.92. The van der Waals surface area contributed by atoms with Crippen LogP contribution in [0.15, 0.2) is 24.3 Å². The number of amides is 1. The lowest BCUT2D eigenvalue weighted by Crippen LogP contribution is -2.43. The van der Waals surface area contributed by atoms with Crippen LogP contribution in [0.25, 0.3) is 0 Å². The van der Waals surface area contributed by atoms with E-state index in [0.29, 0.717) is 0 Å². The molecule has 2 rings (SSSR count). The number of hydrogen-bond acceptors (Lipinski definition) is 4. The highest BCUT2D eigenvalue weighted by Gasteiger charge is 2.31. The number of carbonyl (C=O) groups excluding carboxylic acids is 1. The largest absolute Gasteiger partial charge is 0.347 e. The second-order valence-corrected chi connectivity index (χ2v) is 5.60. The van der Waals surface area contributed by atoms with Gasteiger partial charge in [-0.15, -0.1) is 0 Å². The normalized spacial score (nSPS) is 18.7.